The fraction of sp³-hybridized carbons (Fsp3) is 0.278. The van der Waals surface area contributed by atoms with Crippen LogP contribution in [0.25, 0.3) is 0 Å². The molecule has 220 valence electrons. The molecule has 2 aliphatic heterocycles. The van der Waals surface area contributed by atoms with Crippen molar-refractivity contribution in [1.29, 1.82) is 0 Å². The highest BCUT2D eigenvalue weighted by Crippen LogP contribution is 2.52. The molecule has 4 aromatic carbocycles. The van der Waals surface area contributed by atoms with Crippen LogP contribution in [0.3, 0.4) is 0 Å². The number of rotatable bonds is 8. The number of aryl methyl sites for hydroxylation is 4. The van der Waals surface area contributed by atoms with Crippen molar-refractivity contribution in [3.8, 4) is 0 Å². The molecule has 43 heavy (non-hydrogen) atoms. The Morgan fingerprint density at radius 1 is 0.442 bits per heavy atom. The Morgan fingerprint density at radius 3 is 0.884 bits per heavy atom. The van der Waals surface area contributed by atoms with Crippen LogP contribution in [-0.2, 0) is 65.1 Å². The van der Waals surface area contributed by atoms with Gasteiger partial charge in [0, 0.05) is 0 Å². The SMILES string of the molecule is CCc1ccc(C2(c3ccc(CC)cc3)O[B-]3(OC2=O)OC(=O)C(c2ccc(CC)cc2)(c2ccc(CC)cc2)O3)cc1. The zero-order chi connectivity index (χ0) is 30.2. The summed E-state index contributed by atoms with van der Waals surface area (Å²) < 4.78 is 25.1. The Kier molecular flexibility index (Phi) is 7.49. The van der Waals surface area contributed by atoms with Crippen LogP contribution >= 0.6 is 0 Å². The summed E-state index contributed by atoms with van der Waals surface area (Å²) in [6.45, 7) is 4.97. The standard InChI is InChI=1S/C36H36BO6/c1-5-25-9-17-29(18-10-25)35(30-19-11-26(6-2)12-20-30)33(38)40-37(42-35)41-34(39)36(43-37,31-21-13-27(7-3)14-22-31)32-23-15-28(8-4)16-24-32/h9-24H,5-8H2,1-4H3/q-1. The van der Waals surface area contributed by atoms with E-state index in [0.717, 1.165) is 47.9 Å². The molecule has 6 nitrogen and oxygen atoms in total. The van der Waals surface area contributed by atoms with Gasteiger partial charge in [-0.1, -0.05) is 125 Å². The molecule has 0 N–H and O–H groups in total. The molecule has 2 fully saturated rings. The normalized spacial score (nSPS) is 18.0. The van der Waals surface area contributed by atoms with Crippen molar-refractivity contribution in [3.05, 3.63) is 142 Å². The number of carbonyl (C=O) groups is 2. The molecule has 0 saturated carbocycles. The van der Waals surface area contributed by atoms with Gasteiger partial charge in [-0.2, -0.15) is 0 Å². The lowest BCUT2D eigenvalue weighted by atomic mass is 9.84. The Labute approximate surface area is 253 Å². The average molecular weight is 575 g/mol. The van der Waals surface area contributed by atoms with Gasteiger partial charge in [-0.05, 0) is 70.2 Å². The predicted octanol–water partition coefficient (Wildman–Crippen LogP) is 6.71. The van der Waals surface area contributed by atoms with Crippen LogP contribution in [0, 0.1) is 0 Å². The van der Waals surface area contributed by atoms with Crippen molar-refractivity contribution >= 4 is 18.9 Å². The molecule has 2 aliphatic rings. The summed E-state index contributed by atoms with van der Waals surface area (Å²) in [5.41, 5.74) is 3.30. The molecule has 0 amide bonds. The van der Waals surface area contributed by atoms with E-state index in [9.17, 15) is 9.59 Å². The molecule has 0 unspecified atom stereocenters. The summed E-state index contributed by atoms with van der Waals surface area (Å²) in [5.74, 6) is -1.40. The summed E-state index contributed by atoms with van der Waals surface area (Å²) in [6, 6.07) is 30.6. The molecule has 2 saturated heterocycles. The van der Waals surface area contributed by atoms with Crippen LogP contribution in [0.2, 0.25) is 0 Å². The summed E-state index contributed by atoms with van der Waals surface area (Å²) in [5, 5.41) is 0. The van der Waals surface area contributed by atoms with Gasteiger partial charge in [0.25, 0.3) is 0 Å². The molecule has 4 aromatic rings. The summed E-state index contributed by atoms with van der Waals surface area (Å²) in [4.78, 5) is 28.2. The molecule has 1 spiro atoms. The van der Waals surface area contributed by atoms with E-state index in [2.05, 4.69) is 27.7 Å². The Morgan fingerprint density at radius 2 is 0.674 bits per heavy atom. The quantitative estimate of drug-likeness (QED) is 0.218. The Hall–Kier alpha value is -4.20. The van der Waals surface area contributed by atoms with Crippen molar-refractivity contribution in [1.82, 2.24) is 0 Å². The van der Waals surface area contributed by atoms with Gasteiger partial charge in [-0.25, -0.2) is 0 Å². The number of carbonyl (C=O) groups excluding carboxylic acids is 2. The first-order valence-electron chi connectivity index (χ1n) is 15.2. The minimum atomic E-state index is -3.30. The monoisotopic (exact) mass is 575 g/mol. The highest BCUT2D eigenvalue weighted by molar-refractivity contribution is 6.61. The zero-order valence-corrected chi connectivity index (χ0v) is 25.1. The van der Waals surface area contributed by atoms with Crippen molar-refractivity contribution in [3.63, 3.8) is 0 Å². The van der Waals surface area contributed by atoms with Crippen molar-refractivity contribution in [2.45, 2.75) is 64.6 Å². The second-order valence-corrected chi connectivity index (χ2v) is 11.2. The van der Waals surface area contributed by atoms with E-state index < -0.39 is 30.1 Å². The molecular weight excluding hydrogens is 539 g/mol. The van der Waals surface area contributed by atoms with Crippen molar-refractivity contribution in [2.75, 3.05) is 0 Å². The fourth-order valence-electron chi connectivity index (χ4n) is 6.08. The van der Waals surface area contributed by atoms with Gasteiger partial charge < -0.3 is 18.6 Å². The van der Waals surface area contributed by atoms with Gasteiger partial charge in [0.2, 0.25) is 0 Å². The van der Waals surface area contributed by atoms with E-state index in [1.165, 1.54) is 0 Å². The molecule has 0 bridgehead atoms. The molecule has 6 rings (SSSR count). The lowest BCUT2D eigenvalue weighted by Gasteiger charge is -2.35. The lowest BCUT2D eigenvalue weighted by molar-refractivity contribution is -0.141. The smallest absolute Gasteiger partial charge is 0.605 e. The van der Waals surface area contributed by atoms with Crippen LogP contribution in [0.1, 0.15) is 72.2 Å². The largest absolute Gasteiger partial charge is 0.658 e. The third-order valence-electron chi connectivity index (χ3n) is 8.79. The van der Waals surface area contributed by atoms with Gasteiger partial charge in [0.1, 0.15) is 0 Å². The van der Waals surface area contributed by atoms with Crippen molar-refractivity contribution in [2.24, 2.45) is 0 Å². The molecule has 0 aromatic heterocycles. The second kappa shape index (κ2) is 11.1. The summed E-state index contributed by atoms with van der Waals surface area (Å²) in [7, 11) is 0. The summed E-state index contributed by atoms with van der Waals surface area (Å²) in [6.07, 6.45) is 3.37. The van der Waals surface area contributed by atoms with Crippen LogP contribution < -0.4 is 0 Å². The van der Waals surface area contributed by atoms with Gasteiger partial charge in [-0.3, -0.25) is 9.59 Å². The van der Waals surface area contributed by atoms with E-state index in [1.54, 1.807) is 0 Å². The van der Waals surface area contributed by atoms with Crippen LogP contribution in [0.15, 0.2) is 97.1 Å². The lowest BCUT2D eigenvalue weighted by Crippen LogP contribution is -2.45. The van der Waals surface area contributed by atoms with E-state index in [4.69, 9.17) is 18.6 Å². The maximum absolute atomic E-state index is 14.1. The first kappa shape index (κ1) is 28.9. The number of benzene rings is 4. The van der Waals surface area contributed by atoms with E-state index in [-0.39, 0.29) is 0 Å². The maximum Gasteiger partial charge on any atom is 0.658 e. The third-order valence-corrected chi connectivity index (χ3v) is 8.79. The molecular formula is C36H36BO6-. The first-order chi connectivity index (χ1) is 20.8. The third kappa shape index (κ3) is 4.68. The zero-order valence-electron chi connectivity index (χ0n) is 25.1. The highest BCUT2D eigenvalue weighted by atomic mass is 16.9. The van der Waals surface area contributed by atoms with E-state index in [0.29, 0.717) is 22.3 Å². The van der Waals surface area contributed by atoms with Gasteiger partial charge in [0.05, 0.1) is 0 Å². The van der Waals surface area contributed by atoms with Crippen LogP contribution in [0.4, 0.5) is 0 Å². The minimum Gasteiger partial charge on any atom is -0.605 e. The maximum atomic E-state index is 14.1. The van der Waals surface area contributed by atoms with Crippen LogP contribution in [0.5, 0.6) is 0 Å². The first-order valence-corrected chi connectivity index (χ1v) is 15.2. The molecule has 2 heterocycles. The molecule has 0 aliphatic carbocycles. The summed E-state index contributed by atoms with van der Waals surface area (Å²) >= 11 is 0. The number of hydrogen-bond donors (Lipinski definition) is 0. The van der Waals surface area contributed by atoms with E-state index in [1.807, 2.05) is 97.1 Å². The molecule has 0 atom stereocenters. The van der Waals surface area contributed by atoms with Gasteiger partial charge in [0.15, 0.2) is 11.2 Å². The average Bonchev–Trinajstić information content (AvgIpc) is 3.52. The van der Waals surface area contributed by atoms with Crippen LogP contribution in [-0.4, -0.2) is 18.9 Å². The minimum absolute atomic E-state index is 0.564. The number of hydrogen-bond acceptors (Lipinski definition) is 6. The Bertz CT molecular complexity index is 1410. The molecule has 7 heteroatoms. The topological polar surface area (TPSA) is 71.1 Å². The fourth-order valence-corrected chi connectivity index (χ4v) is 6.08. The second-order valence-electron chi connectivity index (χ2n) is 11.2. The van der Waals surface area contributed by atoms with Gasteiger partial charge >= 0.3 is 18.9 Å². The predicted molar refractivity (Wildman–Crippen MR) is 165 cm³/mol. The van der Waals surface area contributed by atoms with Crippen molar-refractivity contribution < 1.29 is 28.2 Å². The van der Waals surface area contributed by atoms with E-state index >= 15 is 0 Å². The van der Waals surface area contributed by atoms with Gasteiger partial charge in [-0.15, -0.1) is 0 Å². The Balaban J connectivity index is 1.49. The molecule has 0 radical (unpaired) electrons. The highest BCUT2D eigenvalue weighted by Gasteiger charge is 2.68.